The van der Waals surface area contributed by atoms with Gasteiger partial charge in [-0.3, -0.25) is 0 Å². The fraction of sp³-hybridized carbons (Fsp3) is 0. The first-order chi connectivity index (χ1) is 9.20. The van der Waals surface area contributed by atoms with Gasteiger partial charge in [-0.05, 0) is 23.8 Å². The molecule has 0 unspecified atom stereocenters. The van der Waals surface area contributed by atoms with Crippen LogP contribution in [0.1, 0.15) is 11.4 Å². The van der Waals surface area contributed by atoms with E-state index in [9.17, 15) is 4.39 Å². The predicted molar refractivity (Wildman–Crippen MR) is 74.2 cm³/mol. The fourth-order valence-corrected chi connectivity index (χ4v) is 1.85. The molecule has 2 heterocycles. The zero-order chi connectivity index (χ0) is 13.2. The summed E-state index contributed by atoms with van der Waals surface area (Å²) in [5.74, 6) is 0.243. The van der Waals surface area contributed by atoms with Crippen LogP contribution in [-0.4, -0.2) is 15.0 Å². The van der Waals surface area contributed by atoms with E-state index in [1.165, 1.54) is 6.07 Å². The van der Waals surface area contributed by atoms with E-state index in [-0.39, 0.29) is 5.82 Å². The average molecular weight is 274 g/mol. The summed E-state index contributed by atoms with van der Waals surface area (Å²) in [7, 11) is 0. The lowest BCUT2D eigenvalue weighted by molar-refractivity contribution is 0.624. The molecular formula is C14H9ClFN3. The summed E-state index contributed by atoms with van der Waals surface area (Å²) in [4.78, 5) is 11.1. The molecule has 0 aliphatic rings. The molecule has 0 amide bonds. The molecule has 0 radical (unpaired) electrons. The van der Waals surface area contributed by atoms with Gasteiger partial charge in [-0.25, -0.2) is 14.4 Å². The quantitative estimate of drug-likeness (QED) is 0.769. The molecule has 1 aromatic carbocycles. The van der Waals surface area contributed by atoms with Crippen LogP contribution in [0.15, 0.2) is 36.5 Å². The number of fused-ring (bicyclic) bond motifs is 1. The summed E-state index contributed by atoms with van der Waals surface area (Å²) in [6, 6.07) is 8.81. The lowest BCUT2D eigenvalue weighted by Crippen LogP contribution is -1.78. The Morgan fingerprint density at radius 1 is 1.16 bits per heavy atom. The van der Waals surface area contributed by atoms with Gasteiger partial charge in [0.05, 0.1) is 11.7 Å². The van der Waals surface area contributed by atoms with Crippen LogP contribution in [-0.2, 0) is 0 Å². The molecule has 0 atom stereocenters. The van der Waals surface area contributed by atoms with Crippen molar-refractivity contribution < 1.29 is 4.39 Å². The third-order valence-corrected chi connectivity index (χ3v) is 2.88. The first-order valence-electron chi connectivity index (χ1n) is 5.66. The smallest absolute Gasteiger partial charge is 0.178 e. The lowest BCUT2D eigenvalue weighted by Gasteiger charge is -1.92. The fourth-order valence-electron chi connectivity index (χ4n) is 1.72. The molecule has 0 fully saturated rings. The Labute approximate surface area is 113 Å². The molecule has 3 aromatic rings. The summed E-state index contributed by atoms with van der Waals surface area (Å²) in [6.07, 6.45) is 4.85. The number of pyridine rings is 1. The molecule has 19 heavy (non-hydrogen) atoms. The van der Waals surface area contributed by atoms with Gasteiger partial charge in [0, 0.05) is 11.1 Å². The van der Waals surface area contributed by atoms with Crippen LogP contribution in [0.4, 0.5) is 4.39 Å². The van der Waals surface area contributed by atoms with E-state index in [1.807, 2.05) is 36.4 Å². The van der Waals surface area contributed by atoms with Crippen molar-refractivity contribution in [3.05, 3.63) is 58.8 Å². The van der Waals surface area contributed by atoms with Gasteiger partial charge in [-0.15, -0.1) is 0 Å². The van der Waals surface area contributed by atoms with Crippen molar-refractivity contribution in [2.75, 3.05) is 0 Å². The number of imidazole rings is 1. The molecule has 0 spiro atoms. The summed E-state index contributed by atoms with van der Waals surface area (Å²) < 4.78 is 13.0. The monoisotopic (exact) mass is 273 g/mol. The summed E-state index contributed by atoms with van der Waals surface area (Å²) in [6.45, 7) is 0. The zero-order valence-corrected chi connectivity index (χ0v) is 10.5. The minimum Gasteiger partial charge on any atom is -0.337 e. The Morgan fingerprint density at radius 2 is 1.95 bits per heavy atom. The van der Waals surface area contributed by atoms with Gasteiger partial charge in [-0.2, -0.15) is 0 Å². The Bertz CT molecular complexity index is 747. The molecule has 5 heteroatoms. The SMILES string of the molecule is Fc1cnc2nc(/C=C/c3ccc(Cl)cc3)[nH]c2c1. The molecule has 0 aliphatic heterocycles. The number of aromatic nitrogens is 3. The number of H-pyrrole nitrogens is 1. The van der Waals surface area contributed by atoms with Crippen molar-refractivity contribution in [1.82, 2.24) is 15.0 Å². The largest absolute Gasteiger partial charge is 0.337 e. The number of nitrogens with zero attached hydrogens (tertiary/aromatic N) is 2. The molecule has 94 valence electrons. The standard InChI is InChI=1S/C14H9ClFN3/c15-10-4-1-9(2-5-10)3-6-13-18-12-7-11(16)8-17-14(12)19-13/h1-8H,(H,17,18,19)/b6-3+. The highest BCUT2D eigenvalue weighted by Crippen LogP contribution is 2.14. The third-order valence-electron chi connectivity index (χ3n) is 2.63. The number of hydrogen-bond acceptors (Lipinski definition) is 2. The van der Waals surface area contributed by atoms with Crippen LogP contribution in [0.3, 0.4) is 0 Å². The molecule has 0 saturated carbocycles. The second-order valence-electron chi connectivity index (χ2n) is 4.03. The van der Waals surface area contributed by atoms with Crippen molar-refractivity contribution in [2.24, 2.45) is 0 Å². The molecule has 2 aromatic heterocycles. The average Bonchev–Trinajstić information content (AvgIpc) is 2.80. The van der Waals surface area contributed by atoms with Gasteiger partial charge in [0.25, 0.3) is 0 Å². The van der Waals surface area contributed by atoms with Gasteiger partial charge in [0.2, 0.25) is 0 Å². The number of halogens is 2. The molecule has 3 nitrogen and oxygen atoms in total. The third kappa shape index (κ3) is 2.63. The van der Waals surface area contributed by atoms with E-state index in [2.05, 4.69) is 15.0 Å². The summed E-state index contributed by atoms with van der Waals surface area (Å²) >= 11 is 5.81. The highest BCUT2D eigenvalue weighted by molar-refractivity contribution is 6.30. The number of benzene rings is 1. The van der Waals surface area contributed by atoms with Gasteiger partial charge >= 0.3 is 0 Å². The van der Waals surface area contributed by atoms with Crippen LogP contribution in [0.2, 0.25) is 5.02 Å². The van der Waals surface area contributed by atoms with Crippen molar-refractivity contribution in [3.8, 4) is 0 Å². The number of nitrogens with one attached hydrogen (secondary N) is 1. The van der Waals surface area contributed by atoms with E-state index in [4.69, 9.17) is 11.6 Å². The normalized spacial score (nSPS) is 11.5. The molecule has 0 bridgehead atoms. The van der Waals surface area contributed by atoms with Crippen LogP contribution in [0, 0.1) is 5.82 Å². The van der Waals surface area contributed by atoms with Crippen LogP contribution >= 0.6 is 11.6 Å². The highest BCUT2D eigenvalue weighted by atomic mass is 35.5. The number of aromatic amines is 1. The van der Waals surface area contributed by atoms with Gasteiger partial charge in [-0.1, -0.05) is 29.8 Å². The van der Waals surface area contributed by atoms with E-state index in [0.717, 1.165) is 11.8 Å². The first kappa shape index (κ1) is 11.9. The van der Waals surface area contributed by atoms with Crippen molar-refractivity contribution in [3.63, 3.8) is 0 Å². The summed E-state index contributed by atoms with van der Waals surface area (Å²) in [5.41, 5.74) is 2.08. The van der Waals surface area contributed by atoms with Crippen LogP contribution in [0.25, 0.3) is 23.3 Å². The van der Waals surface area contributed by atoms with E-state index in [0.29, 0.717) is 22.0 Å². The highest BCUT2D eigenvalue weighted by Gasteiger charge is 2.02. The van der Waals surface area contributed by atoms with Crippen molar-refractivity contribution in [2.45, 2.75) is 0 Å². The maximum atomic E-state index is 13.0. The lowest BCUT2D eigenvalue weighted by atomic mass is 10.2. The molecular weight excluding hydrogens is 265 g/mol. The number of rotatable bonds is 2. The Kier molecular flexibility index (Phi) is 3.01. The minimum atomic E-state index is -0.385. The predicted octanol–water partition coefficient (Wildman–Crippen LogP) is 3.92. The molecule has 3 rings (SSSR count). The van der Waals surface area contributed by atoms with Crippen molar-refractivity contribution in [1.29, 1.82) is 0 Å². The Morgan fingerprint density at radius 3 is 2.74 bits per heavy atom. The van der Waals surface area contributed by atoms with E-state index in [1.54, 1.807) is 0 Å². The van der Waals surface area contributed by atoms with Crippen LogP contribution < -0.4 is 0 Å². The zero-order valence-electron chi connectivity index (χ0n) is 9.77. The topological polar surface area (TPSA) is 41.6 Å². The van der Waals surface area contributed by atoms with Gasteiger partial charge in [0.15, 0.2) is 5.65 Å². The second kappa shape index (κ2) is 4.82. The first-order valence-corrected chi connectivity index (χ1v) is 6.03. The molecule has 0 saturated heterocycles. The van der Waals surface area contributed by atoms with E-state index >= 15 is 0 Å². The maximum Gasteiger partial charge on any atom is 0.178 e. The Hall–Kier alpha value is -2.20. The number of hydrogen-bond donors (Lipinski definition) is 1. The summed E-state index contributed by atoms with van der Waals surface area (Å²) in [5, 5.41) is 0.695. The minimum absolute atomic E-state index is 0.385. The second-order valence-corrected chi connectivity index (χ2v) is 4.47. The molecule has 1 N–H and O–H groups in total. The van der Waals surface area contributed by atoms with E-state index < -0.39 is 0 Å². The van der Waals surface area contributed by atoms with Gasteiger partial charge in [0.1, 0.15) is 11.6 Å². The van der Waals surface area contributed by atoms with Gasteiger partial charge < -0.3 is 4.98 Å². The maximum absolute atomic E-state index is 13.0. The van der Waals surface area contributed by atoms with Crippen LogP contribution in [0.5, 0.6) is 0 Å². The Balaban J connectivity index is 1.90. The molecule has 0 aliphatic carbocycles. The van der Waals surface area contributed by atoms with Crippen molar-refractivity contribution >= 4 is 34.9 Å².